The number of aromatic nitrogens is 1. The van der Waals surface area contributed by atoms with Gasteiger partial charge in [-0.05, 0) is 36.1 Å². The van der Waals surface area contributed by atoms with Crippen LogP contribution in [0.1, 0.15) is 23.6 Å². The van der Waals surface area contributed by atoms with Gasteiger partial charge in [0.15, 0.2) is 0 Å². The molecule has 0 aliphatic carbocycles. The van der Waals surface area contributed by atoms with Crippen molar-refractivity contribution in [1.82, 2.24) is 9.47 Å². The van der Waals surface area contributed by atoms with Crippen molar-refractivity contribution >= 4 is 35.6 Å². The minimum absolute atomic E-state index is 0. The van der Waals surface area contributed by atoms with Crippen LogP contribution < -0.4 is 5.56 Å². The first kappa shape index (κ1) is 17.8. The first-order valence-corrected chi connectivity index (χ1v) is 8.72. The van der Waals surface area contributed by atoms with Gasteiger partial charge in [0.25, 0.3) is 5.56 Å². The second kappa shape index (κ2) is 7.09. The minimum atomic E-state index is 0. The molecular weight excluding hydrogens is 367 g/mol. The van der Waals surface area contributed by atoms with Crippen molar-refractivity contribution in [1.29, 1.82) is 0 Å². The predicted octanol–water partition coefficient (Wildman–Crippen LogP) is 4.20. The van der Waals surface area contributed by atoms with Gasteiger partial charge in [0.05, 0.1) is 10.0 Å². The summed E-state index contributed by atoms with van der Waals surface area (Å²) in [7, 11) is 0. The lowest BCUT2D eigenvalue weighted by Gasteiger charge is -2.42. The fourth-order valence-electron chi connectivity index (χ4n) is 4.02. The third kappa shape index (κ3) is 3.36. The highest BCUT2D eigenvalue weighted by Crippen LogP contribution is 2.35. The average Bonchev–Trinajstić information content (AvgIpc) is 2.52. The molecule has 0 spiro atoms. The molecule has 0 radical (unpaired) electrons. The van der Waals surface area contributed by atoms with Crippen LogP contribution in [0, 0.1) is 5.92 Å². The van der Waals surface area contributed by atoms with Gasteiger partial charge in [-0.15, -0.1) is 12.4 Å². The molecule has 2 aromatic rings. The van der Waals surface area contributed by atoms with E-state index in [9.17, 15) is 4.79 Å². The van der Waals surface area contributed by atoms with Crippen molar-refractivity contribution < 1.29 is 0 Å². The van der Waals surface area contributed by atoms with Gasteiger partial charge in [-0.25, -0.2) is 0 Å². The van der Waals surface area contributed by atoms with E-state index in [-0.39, 0.29) is 18.0 Å². The normalized spacial score (nSPS) is 22.6. The van der Waals surface area contributed by atoms with Gasteiger partial charge in [-0.3, -0.25) is 9.69 Å². The zero-order valence-electron chi connectivity index (χ0n) is 13.1. The monoisotopic (exact) mass is 384 g/mol. The second-order valence-corrected chi connectivity index (χ2v) is 7.46. The molecule has 24 heavy (non-hydrogen) atoms. The summed E-state index contributed by atoms with van der Waals surface area (Å²) in [5.41, 5.74) is 2.51. The van der Waals surface area contributed by atoms with E-state index in [4.69, 9.17) is 23.2 Å². The number of rotatable bonds is 2. The lowest BCUT2D eigenvalue weighted by molar-refractivity contribution is 0.114. The Hall–Kier alpha value is -1.000. The van der Waals surface area contributed by atoms with Crippen molar-refractivity contribution in [3.8, 4) is 0 Å². The summed E-state index contributed by atoms with van der Waals surface area (Å²) in [5.74, 6) is 0.989. The van der Waals surface area contributed by atoms with Gasteiger partial charge in [0.1, 0.15) is 0 Å². The number of nitrogens with zero attached hydrogens (tertiary/aromatic N) is 2. The van der Waals surface area contributed by atoms with Crippen molar-refractivity contribution in [2.45, 2.75) is 25.4 Å². The number of likely N-dealkylation sites (tertiary alicyclic amines) is 1. The Morgan fingerprint density at radius 2 is 1.88 bits per heavy atom. The van der Waals surface area contributed by atoms with Gasteiger partial charge in [-0.1, -0.05) is 35.3 Å². The Kier molecular flexibility index (Phi) is 5.26. The summed E-state index contributed by atoms with van der Waals surface area (Å²) in [6.07, 6.45) is 1.18. The SMILES string of the molecule is Cl.O=c1cccc2n1CC1CC2CN(Cc2ccc(Cl)c(Cl)c2)C1. The van der Waals surface area contributed by atoms with Crippen LogP contribution in [-0.2, 0) is 13.1 Å². The zero-order chi connectivity index (χ0) is 16.0. The van der Waals surface area contributed by atoms with E-state index in [1.54, 1.807) is 6.07 Å². The summed E-state index contributed by atoms with van der Waals surface area (Å²) in [6, 6.07) is 11.5. The minimum Gasteiger partial charge on any atom is -0.312 e. The van der Waals surface area contributed by atoms with E-state index < -0.39 is 0 Å². The number of piperidine rings is 1. The Balaban J connectivity index is 0.00000169. The molecule has 0 saturated carbocycles. The predicted molar refractivity (Wildman–Crippen MR) is 101 cm³/mol. The molecular formula is C18H19Cl3N2O. The third-order valence-electron chi connectivity index (χ3n) is 4.95. The van der Waals surface area contributed by atoms with Crippen LogP contribution in [0.4, 0.5) is 0 Å². The molecule has 0 N–H and O–H groups in total. The van der Waals surface area contributed by atoms with Gasteiger partial charge < -0.3 is 4.57 Å². The molecule has 2 aliphatic heterocycles. The van der Waals surface area contributed by atoms with Crippen LogP contribution in [0.2, 0.25) is 10.0 Å². The van der Waals surface area contributed by atoms with E-state index in [2.05, 4.69) is 11.0 Å². The summed E-state index contributed by atoms with van der Waals surface area (Å²) in [5, 5.41) is 1.21. The number of hydrogen-bond acceptors (Lipinski definition) is 2. The third-order valence-corrected chi connectivity index (χ3v) is 5.68. The van der Waals surface area contributed by atoms with Crippen molar-refractivity contribution in [3.63, 3.8) is 0 Å². The maximum absolute atomic E-state index is 12.1. The second-order valence-electron chi connectivity index (χ2n) is 6.64. The van der Waals surface area contributed by atoms with E-state index in [1.165, 1.54) is 17.7 Å². The Bertz CT molecular complexity index is 805. The molecule has 2 unspecified atom stereocenters. The Labute approximate surface area is 157 Å². The molecule has 1 aromatic carbocycles. The van der Waals surface area contributed by atoms with E-state index in [0.717, 1.165) is 26.2 Å². The van der Waals surface area contributed by atoms with Gasteiger partial charge in [-0.2, -0.15) is 0 Å². The van der Waals surface area contributed by atoms with Crippen molar-refractivity contribution in [2.75, 3.05) is 13.1 Å². The zero-order valence-corrected chi connectivity index (χ0v) is 15.4. The molecule has 6 heteroatoms. The first-order valence-electron chi connectivity index (χ1n) is 7.96. The van der Waals surface area contributed by atoms with Crippen LogP contribution in [-0.4, -0.2) is 22.6 Å². The number of hydrogen-bond donors (Lipinski definition) is 0. The largest absolute Gasteiger partial charge is 0.312 e. The van der Waals surface area contributed by atoms with E-state index in [0.29, 0.717) is 21.9 Å². The number of fused-ring (bicyclic) bond motifs is 4. The molecule has 1 aromatic heterocycles. The summed E-state index contributed by atoms with van der Waals surface area (Å²) < 4.78 is 1.97. The van der Waals surface area contributed by atoms with E-state index >= 15 is 0 Å². The molecule has 0 amide bonds. The molecule has 2 aliphatic rings. The summed E-state index contributed by atoms with van der Waals surface area (Å²) in [4.78, 5) is 14.5. The van der Waals surface area contributed by atoms with Crippen LogP contribution >= 0.6 is 35.6 Å². The maximum atomic E-state index is 12.1. The average molecular weight is 386 g/mol. The number of benzene rings is 1. The highest BCUT2D eigenvalue weighted by Gasteiger charge is 2.34. The molecule has 4 rings (SSSR count). The highest BCUT2D eigenvalue weighted by atomic mass is 35.5. The first-order chi connectivity index (χ1) is 11.1. The van der Waals surface area contributed by atoms with Gasteiger partial charge >= 0.3 is 0 Å². The molecule has 1 saturated heterocycles. The molecule has 3 heterocycles. The summed E-state index contributed by atoms with van der Waals surface area (Å²) in [6.45, 7) is 3.72. The molecule has 128 valence electrons. The van der Waals surface area contributed by atoms with Gasteiger partial charge in [0, 0.05) is 43.9 Å². The Morgan fingerprint density at radius 1 is 1.04 bits per heavy atom. The lowest BCUT2D eigenvalue weighted by Crippen LogP contribution is -2.46. The number of halogens is 3. The fraction of sp³-hybridized carbons (Fsp3) is 0.389. The van der Waals surface area contributed by atoms with Crippen LogP contribution in [0.25, 0.3) is 0 Å². The molecule has 2 bridgehead atoms. The van der Waals surface area contributed by atoms with Crippen LogP contribution in [0.5, 0.6) is 0 Å². The molecule has 2 atom stereocenters. The topological polar surface area (TPSA) is 25.2 Å². The van der Waals surface area contributed by atoms with E-state index in [1.807, 2.05) is 28.8 Å². The quantitative estimate of drug-likeness (QED) is 0.774. The van der Waals surface area contributed by atoms with Crippen LogP contribution in [0.3, 0.4) is 0 Å². The maximum Gasteiger partial charge on any atom is 0.250 e. The number of pyridine rings is 1. The molecule has 3 nitrogen and oxygen atoms in total. The van der Waals surface area contributed by atoms with Crippen LogP contribution in [0.15, 0.2) is 41.2 Å². The summed E-state index contributed by atoms with van der Waals surface area (Å²) >= 11 is 12.1. The Morgan fingerprint density at radius 3 is 2.67 bits per heavy atom. The molecule has 1 fully saturated rings. The highest BCUT2D eigenvalue weighted by molar-refractivity contribution is 6.42. The van der Waals surface area contributed by atoms with Crippen molar-refractivity contribution in [3.05, 3.63) is 68.1 Å². The van der Waals surface area contributed by atoms with Crippen molar-refractivity contribution in [2.24, 2.45) is 5.92 Å². The lowest BCUT2D eigenvalue weighted by atomic mass is 9.83. The standard InChI is InChI=1S/C18H18Cl2N2O.ClH/c19-15-5-4-12(7-16(15)20)8-21-9-13-6-14(11-21)17-2-1-3-18(23)22(17)10-13;/h1-5,7,13-14H,6,8-11H2;1H. The smallest absolute Gasteiger partial charge is 0.250 e. The van der Waals surface area contributed by atoms with Gasteiger partial charge in [0.2, 0.25) is 0 Å². The fourth-order valence-corrected chi connectivity index (χ4v) is 4.34.